The van der Waals surface area contributed by atoms with E-state index in [1.807, 2.05) is 29.2 Å². The van der Waals surface area contributed by atoms with Gasteiger partial charge in [-0.05, 0) is 89.2 Å². The lowest BCUT2D eigenvalue weighted by Crippen LogP contribution is -2.58. The molecule has 2 aromatic carbocycles. The summed E-state index contributed by atoms with van der Waals surface area (Å²) in [4.78, 5) is 46.9. The molecular weight excluding hydrogens is 584 g/mol. The molecule has 12 nitrogen and oxygen atoms in total. The van der Waals surface area contributed by atoms with Crippen LogP contribution >= 0.6 is 0 Å². The molecule has 0 spiro atoms. The van der Waals surface area contributed by atoms with E-state index >= 15 is 0 Å². The summed E-state index contributed by atoms with van der Waals surface area (Å²) in [7, 11) is 2.09. The zero-order valence-electron chi connectivity index (χ0n) is 27.2. The number of benzene rings is 2. The smallest absolute Gasteiger partial charge is 0.323 e. The maximum atomic E-state index is 13.1. The van der Waals surface area contributed by atoms with Crippen LogP contribution in [-0.4, -0.2) is 108 Å². The van der Waals surface area contributed by atoms with E-state index in [2.05, 4.69) is 48.3 Å². The third-order valence-electron chi connectivity index (χ3n) is 9.25. The van der Waals surface area contributed by atoms with E-state index in [0.717, 1.165) is 37.3 Å². The summed E-state index contributed by atoms with van der Waals surface area (Å²) < 4.78 is 11.2. The van der Waals surface area contributed by atoms with E-state index in [4.69, 9.17) is 24.4 Å². The van der Waals surface area contributed by atoms with Gasteiger partial charge in [-0.15, -0.1) is 0 Å². The van der Waals surface area contributed by atoms with Crippen LogP contribution in [0.25, 0.3) is 11.4 Å². The lowest BCUT2D eigenvalue weighted by Gasteiger charge is -2.45. The highest BCUT2D eigenvalue weighted by Gasteiger charge is 2.33. The number of ether oxygens (including phenoxy) is 2. The number of morpholine rings is 1. The molecule has 1 atom stereocenters. The minimum Gasteiger partial charge on any atom is -0.381 e. The molecule has 4 heterocycles. The van der Waals surface area contributed by atoms with Crippen molar-refractivity contribution in [3.8, 4) is 11.4 Å². The number of amides is 3. The number of likely N-dealkylation sites (N-methyl/N-ethyl adjacent to an activating group) is 1. The summed E-state index contributed by atoms with van der Waals surface area (Å²) in [6, 6.07) is 14.3. The Labute approximate surface area is 270 Å². The quantitative estimate of drug-likeness (QED) is 0.407. The second kappa shape index (κ2) is 13.7. The van der Waals surface area contributed by atoms with Crippen LogP contribution in [0.1, 0.15) is 55.7 Å². The number of hydrogen-bond acceptors (Lipinski definition) is 9. The van der Waals surface area contributed by atoms with Crippen molar-refractivity contribution in [2.45, 2.75) is 51.1 Å². The molecule has 46 heavy (non-hydrogen) atoms. The van der Waals surface area contributed by atoms with Gasteiger partial charge in [0.2, 0.25) is 5.95 Å². The Morgan fingerprint density at radius 3 is 2.17 bits per heavy atom. The van der Waals surface area contributed by atoms with Gasteiger partial charge in [0, 0.05) is 73.4 Å². The molecule has 3 aliphatic heterocycles. The van der Waals surface area contributed by atoms with E-state index in [-0.39, 0.29) is 29.4 Å². The van der Waals surface area contributed by atoms with Crippen LogP contribution in [0.15, 0.2) is 48.5 Å². The Balaban J connectivity index is 1.10. The maximum absolute atomic E-state index is 13.1. The molecule has 2 N–H and O–H groups in total. The number of nitrogens with zero attached hydrogens (tertiary/aromatic N) is 6. The third kappa shape index (κ3) is 7.30. The maximum Gasteiger partial charge on any atom is 0.323 e. The van der Waals surface area contributed by atoms with Crippen molar-refractivity contribution in [3.63, 3.8) is 0 Å². The average molecular weight is 629 g/mol. The molecule has 3 saturated heterocycles. The van der Waals surface area contributed by atoms with Gasteiger partial charge in [-0.1, -0.05) is 0 Å². The van der Waals surface area contributed by atoms with Gasteiger partial charge in [0.1, 0.15) is 5.82 Å². The van der Waals surface area contributed by atoms with Crippen molar-refractivity contribution < 1.29 is 19.1 Å². The van der Waals surface area contributed by atoms with E-state index in [0.29, 0.717) is 68.2 Å². The van der Waals surface area contributed by atoms with Crippen molar-refractivity contribution in [3.05, 3.63) is 59.9 Å². The molecule has 1 unspecified atom stereocenters. The predicted octanol–water partition coefficient (Wildman–Crippen LogP) is 4.47. The molecule has 3 amide bonds. The Morgan fingerprint density at radius 2 is 1.52 bits per heavy atom. The minimum absolute atomic E-state index is 0.00176. The largest absolute Gasteiger partial charge is 0.381 e. The fourth-order valence-corrected chi connectivity index (χ4v) is 6.09. The third-order valence-corrected chi connectivity index (χ3v) is 9.25. The second-order valence-electron chi connectivity index (χ2n) is 13.0. The number of aromatic nitrogens is 3. The molecule has 3 aromatic rings. The van der Waals surface area contributed by atoms with Crippen LogP contribution in [0.5, 0.6) is 0 Å². The van der Waals surface area contributed by atoms with Gasteiger partial charge < -0.3 is 29.9 Å². The summed E-state index contributed by atoms with van der Waals surface area (Å²) in [6.07, 6.45) is 1.76. The number of piperazine rings is 1. The Kier molecular flexibility index (Phi) is 9.48. The summed E-state index contributed by atoms with van der Waals surface area (Å²) in [5.41, 5.74) is 2.60. The van der Waals surface area contributed by atoms with Crippen molar-refractivity contribution >= 4 is 29.3 Å². The van der Waals surface area contributed by atoms with Crippen LogP contribution < -0.4 is 15.5 Å². The highest BCUT2D eigenvalue weighted by atomic mass is 16.5. The van der Waals surface area contributed by atoms with Crippen LogP contribution in [0.3, 0.4) is 0 Å². The lowest BCUT2D eigenvalue weighted by atomic mass is 9.99. The van der Waals surface area contributed by atoms with Gasteiger partial charge in [0.25, 0.3) is 5.91 Å². The molecular formula is C34H44N8O4. The molecule has 6 rings (SSSR count). The standard InChI is InChI=1S/C34H44N8O4/c1-23-21-46-20-17-42(23)32-38-29(37-30(39-32)25-13-18-45-19-14-25)24-5-9-27(10-6-24)35-33(44)36-28-11-7-26(8-12-28)31(43)41-16-15-40(4)34(2,3)22-41/h5-12,23,25H,13-22H2,1-4H3,(H2,35,36,44). The zero-order chi connectivity index (χ0) is 32.3. The predicted molar refractivity (Wildman–Crippen MR) is 177 cm³/mol. The molecule has 12 heteroatoms. The summed E-state index contributed by atoms with van der Waals surface area (Å²) >= 11 is 0. The Hall–Kier alpha value is -4.13. The molecule has 0 bridgehead atoms. The normalized spacial score (nSPS) is 20.7. The van der Waals surface area contributed by atoms with Crippen molar-refractivity contribution in [2.24, 2.45) is 0 Å². The first kappa shape index (κ1) is 31.8. The van der Waals surface area contributed by atoms with Gasteiger partial charge in [0.15, 0.2) is 5.82 Å². The number of hydrogen-bond donors (Lipinski definition) is 2. The highest BCUT2D eigenvalue weighted by Crippen LogP contribution is 2.29. The minimum atomic E-state index is -0.377. The van der Waals surface area contributed by atoms with Crippen LogP contribution in [0.2, 0.25) is 0 Å². The lowest BCUT2D eigenvalue weighted by molar-refractivity contribution is 0.0311. The van der Waals surface area contributed by atoms with Crippen molar-refractivity contribution in [2.75, 3.05) is 75.2 Å². The Bertz CT molecular complexity index is 1530. The van der Waals surface area contributed by atoms with Gasteiger partial charge in [-0.2, -0.15) is 9.97 Å². The SMILES string of the molecule is CC1COCCN1c1nc(-c2ccc(NC(=O)Nc3ccc(C(=O)N4CCN(C)C(C)(C)C4)cc3)cc2)nc(C2CCOCC2)n1. The van der Waals surface area contributed by atoms with Crippen LogP contribution in [0.4, 0.5) is 22.1 Å². The second-order valence-corrected chi connectivity index (χ2v) is 13.0. The van der Waals surface area contributed by atoms with Crippen molar-refractivity contribution in [1.29, 1.82) is 0 Å². The number of carbonyl (C=O) groups excluding carboxylic acids is 2. The number of carbonyl (C=O) groups is 2. The zero-order valence-corrected chi connectivity index (χ0v) is 27.2. The van der Waals surface area contributed by atoms with E-state index in [9.17, 15) is 9.59 Å². The first-order chi connectivity index (χ1) is 22.2. The topological polar surface area (TPSA) is 125 Å². The number of rotatable bonds is 6. The molecule has 244 valence electrons. The first-order valence-electron chi connectivity index (χ1n) is 16.1. The van der Waals surface area contributed by atoms with Crippen molar-refractivity contribution in [1.82, 2.24) is 24.8 Å². The number of nitrogens with one attached hydrogen (secondary N) is 2. The average Bonchev–Trinajstić information content (AvgIpc) is 3.07. The fraction of sp³-hybridized carbons (Fsp3) is 0.500. The summed E-state index contributed by atoms with van der Waals surface area (Å²) in [5, 5.41) is 5.74. The van der Waals surface area contributed by atoms with E-state index in [1.165, 1.54) is 0 Å². The van der Waals surface area contributed by atoms with Gasteiger partial charge in [0.05, 0.1) is 19.3 Å². The molecule has 1 aromatic heterocycles. The molecule has 3 fully saturated rings. The van der Waals surface area contributed by atoms with Gasteiger partial charge in [-0.25, -0.2) is 9.78 Å². The first-order valence-corrected chi connectivity index (χ1v) is 16.1. The fourth-order valence-electron chi connectivity index (χ4n) is 6.09. The molecule has 3 aliphatic rings. The van der Waals surface area contributed by atoms with Crippen LogP contribution in [0, 0.1) is 0 Å². The van der Waals surface area contributed by atoms with Crippen LogP contribution in [-0.2, 0) is 9.47 Å². The number of anilines is 3. The molecule has 0 aliphatic carbocycles. The Morgan fingerprint density at radius 1 is 0.848 bits per heavy atom. The van der Waals surface area contributed by atoms with Gasteiger partial charge >= 0.3 is 6.03 Å². The highest BCUT2D eigenvalue weighted by molar-refractivity contribution is 6.00. The van der Waals surface area contributed by atoms with E-state index < -0.39 is 0 Å². The summed E-state index contributed by atoms with van der Waals surface area (Å²) in [5.74, 6) is 2.30. The van der Waals surface area contributed by atoms with E-state index in [1.54, 1.807) is 24.3 Å². The number of urea groups is 1. The molecule has 0 radical (unpaired) electrons. The monoisotopic (exact) mass is 628 g/mol. The summed E-state index contributed by atoms with van der Waals surface area (Å²) in [6.45, 7) is 12.0. The van der Waals surface area contributed by atoms with Gasteiger partial charge in [-0.3, -0.25) is 9.69 Å². The molecule has 0 saturated carbocycles.